The average molecular weight is 378 g/mol. The van der Waals surface area contributed by atoms with E-state index in [1.165, 1.54) is 10.9 Å². The second kappa shape index (κ2) is 7.74. The smallest absolute Gasteiger partial charge is 0.127 e. The van der Waals surface area contributed by atoms with Crippen molar-refractivity contribution in [3.8, 4) is 11.5 Å². The minimum Gasteiger partial charge on any atom is -0.457 e. The summed E-state index contributed by atoms with van der Waals surface area (Å²) in [4.78, 5) is 3.33. The van der Waals surface area contributed by atoms with E-state index in [0.29, 0.717) is 5.02 Å². The first-order valence-electron chi connectivity index (χ1n) is 8.76. The number of ether oxygens (including phenoxy) is 1. The van der Waals surface area contributed by atoms with Crippen LogP contribution in [-0.4, -0.2) is 12.0 Å². The van der Waals surface area contributed by atoms with Gasteiger partial charge in [-0.3, -0.25) is 0 Å². The number of hydrogen-bond donors (Lipinski definition) is 3. The van der Waals surface area contributed by atoms with Gasteiger partial charge in [-0.25, -0.2) is 0 Å². The maximum Gasteiger partial charge on any atom is 0.127 e. The van der Waals surface area contributed by atoms with E-state index >= 15 is 0 Å². The van der Waals surface area contributed by atoms with E-state index in [1.54, 1.807) is 0 Å². The van der Waals surface area contributed by atoms with Crippen molar-refractivity contribution >= 4 is 33.9 Å². The quantitative estimate of drug-likeness (QED) is 0.382. The lowest BCUT2D eigenvalue weighted by Crippen LogP contribution is -2.03. The third-order valence-corrected chi connectivity index (χ3v) is 4.58. The van der Waals surface area contributed by atoms with Gasteiger partial charge in [-0.15, -0.1) is 0 Å². The van der Waals surface area contributed by atoms with Crippen LogP contribution in [0, 0.1) is 0 Å². The second-order valence-electron chi connectivity index (χ2n) is 6.31. The number of fused-ring (bicyclic) bond motifs is 1. The van der Waals surface area contributed by atoms with Gasteiger partial charge in [-0.05, 0) is 73.3 Å². The predicted octanol–water partition coefficient (Wildman–Crippen LogP) is 6.08. The highest BCUT2D eigenvalue weighted by Gasteiger charge is 2.04. The number of nitrogens with one attached hydrogen (secondary N) is 3. The van der Waals surface area contributed by atoms with Crippen molar-refractivity contribution in [3.63, 3.8) is 0 Å². The van der Waals surface area contributed by atoms with Gasteiger partial charge >= 0.3 is 0 Å². The number of benzene rings is 3. The molecule has 0 amide bonds. The van der Waals surface area contributed by atoms with E-state index in [0.717, 1.165) is 34.9 Å². The van der Waals surface area contributed by atoms with E-state index in [9.17, 15) is 0 Å². The minimum absolute atomic E-state index is 0.694. The number of aromatic nitrogens is 1. The molecule has 5 heteroatoms. The van der Waals surface area contributed by atoms with Crippen molar-refractivity contribution in [2.24, 2.45) is 0 Å². The SMILES string of the molecule is CNCc1c[nH]c2cc(Nc3ccc(Oc4ccc(Cl)cc4)cc3)ccc12. The topological polar surface area (TPSA) is 49.1 Å². The fourth-order valence-electron chi connectivity index (χ4n) is 3.01. The molecule has 0 radical (unpaired) electrons. The molecular formula is C22H20ClN3O. The van der Waals surface area contributed by atoms with Gasteiger partial charge in [0.05, 0.1) is 0 Å². The van der Waals surface area contributed by atoms with Crippen LogP contribution in [-0.2, 0) is 6.54 Å². The molecule has 4 nitrogen and oxygen atoms in total. The molecule has 3 N–H and O–H groups in total. The second-order valence-corrected chi connectivity index (χ2v) is 6.75. The average Bonchev–Trinajstić information content (AvgIpc) is 3.08. The molecule has 0 aliphatic carbocycles. The molecule has 0 fully saturated rings. The van der Waals surface area contributed by atoms with Gasteiger partial charge in [0.15, 0.2) is 0 Å². The Kier molecular flexibility index (Phi) is 5.01. The Bertz CT molecular complexity index is 1040. The molecule has 136 valence electrons. The predicted molar refractivity (Wildman–Crippen MR) is 112 cm³/mol. The standard InChI is InChI=1S/C22H20ClN3O/c1-24-13-15-14-25-22-12-18(6-11-21(15)22)26-17-4-9-20(10-5-17)27-19-7-2-16(23)3-8-19/h2-12,14,24-26H,13H2,1H3. The summed E-state index contributed by atoms with van der Waals surface area (Å²) in [5.74, 6) is 1.54. The monoisotopic (exact) mass is 377 g/mol. The third kappa shape index (κ3) is 4.08. The summed E-state index contributed by atoms with van der Waals surface area (Å²) in [5.41, 5.74) is 4.42. The molecule has 0 bridgehead atoms. The summed E-state index contributed by atoms with van der Waals surface area (Å²) >= 11 is 5.90. The number of aromatic amines is 1. The highest BCUT2D eigenvalue weighted by molar-refractivity contribution is 6.30. The van der Waals surface area contributed by atoms with Crippen LogP contribution in [0.4, 0.5) is 11.4 Å². The first-order chi connectivity index (χ1) is 13.2. The van der Waals surface area contributed by atoms with Crippen LogP contribution < -0.4 is 15.4 Å². The molecule has 1 heterocycles. The summed E-state index contributed by atoms with van der Waals surface area (Å²) in [7, 11) is 1.95. The summed E-state index contributed by atoms with van der Waals surface area (Å²) in [6.45, 7) is 0.849. The van der Waals surface area contributed by atoms with Crippen molar-refractivity contribution in [1.29, 1.82) is 0 Å². The molecule has 0 spiro atoms. The Hall–Kier alpha value is -2.95. The molecule has 1 aromatic heterocycles. The lowest BCUT2D eigenvalue weighted by molar-refractivity contribution is 0.483. The van der Waals surface area contributed by atoms with Crippen molar-refractivity contribution in [2.45, 2.75) is 6.54 Å². The molecule has 0 unspecified atom stereocenters. The van der Waals surface area contributed by atoms with Crippen LogP contribution in [0.2, 0.25) is 5.02 Å². The van der Waals surface area contributed by atoms with Crippen LogP contribution in [0.15, 0.2) is 72.9 Å². The van der Waals surface area contributed by atoms with Gasteiger partial charge in [0, 0.05) is 40.0 Å². The van der Waals surface area contributed by atoms with E-state index in [1.807, 2.05) is 61.8 Å². The van der Waals surface area contributed by atoms with Crippen molar-refractivity contribution in [3.05, 3.63) is 83.5 Å². The molecular weight excluding hydrogens is 358 g/mol. The van der Waals surface area contributed by atoms with Crippen LogP contribution >= 0.6 is 11.6 Å². The van der Waals surface area contributed by atoms with Crippen LogP contribution in [0.5, 0.6) is 11.5 Å². The Morgan fingerprint density at radius 2 is 1.56 bits per heavy atom. The van der Waals surface area contributed by atoms with E-state index < -0.39 is 0 Å². The van der Waals surface area contributed by atoms with Crippen LogP contribution in [0.25, 0.3) is 10.9 Å². The molecule has 4 rings (SSSR count). The Morgan fingerprint density at radius 1 is 0.889 bits per heavy atom. The van der Waals surface area contributed by atoms with Crippen LogP contribution in [0.1, 0.15) is 5.56 Å². The van der Waals surface area contributed by atoms with E-state index in [-0.39, 0.29) is 0 Å². The number of rotatable bonds is 6. The summed E-state index contributed by atoms with van der Waals surface area (Å²) in [5, 5.41) is 8.55. The number of hydrogen-bond acceptors (Lipinski definition) is 3. The minimum atomic E-state index is 0.694. The zero-order valence-electron chi connectivity index (χ0n) is 14.9. The number of anilines is 2. The van der Waals surface area contributed by atoms with E-state index in [2.05, 4.69) is 33.8 Å². The molecule has 4 aromatic rings. The Balaban J connectivity index is 1.46. The first kappa shape index (κ1) is 17.5. The maximum atomic E-state index is 5.90. The summed E-state index contributed by atoms with van der Waals surface area (Å²) in [6.07, 6.45) is 2.05. The molecule has 0 aliphatic heterocycles. The van der Waals surface area contributed by atoms with Crippen molar-refractivity contribution in [2.75, 3.05) is 12.4 Å². The van der Waals surface area contributed by atoms with Gasteiger partial charge in [0.2, 0.25) is 0 Å². The Labute approximate surface area is 163 Å². The van der Waals surface area contributed by atoms with Gasteiger partial charge in [0.1, 0.15) is 11.5 Å². The van der Waals surface area contributed by atoms with Crippen LogP contribution in [0.3, 0.4) is 0 Å². The number of H-pyrrole nitrogens is 1. The Morgan fingerprint density at radius 3 is 2.26 bits per heavy atom. The zero-order chi connectivity index (χ0) is 18.6. The van der Waals surface area contributed by atoms with Crippen molar-refractivity contribution in [1.82, 2.24) is 10.3 Å². The highest BCUT2D eigenvalue weighted by Crippen LogP contribution is 2.27. The van der Waals surface area contributed by atoms with E-state index in [4.69, 9.17) is 16.3 Å². The van der Waals surface area contributed by atoms with Gasteiger partial charge in [-0.1, -0.05) is 17.7 Å². The highest BCUT2D eigenvalue weighted by atomic mass is 35.5. The lowest BCUT2D eigenvalue weighted by Gasteiger charge is -2.09. The number of halogens is 1. The zero-order valence-corrected chi connectivity index (χ0v) is 15.7. The molecule has 27 heavy (non-hydrogen) atoms. The summed E-state index contributed by atoms with van der Waals surface area (Å²) in [6, 6.07) is 21.5. The molecule has 3 aromatic carbocycles. The fourth-order valence-corrected chi connectivity index (χ4v) is 3.14. The van der Waals surface area contributed by atoms with Gasteiger partial charge in [0.25, 0.3) is 0 Å². The normalized spacial score (nSPS) is 10.9. The fraction of sp³-hybridized carbons (Fsp3) is 0.0909. The van der Waals surface area contributed by atoms with Gasteiger partial charge in [-0.2, -0.15) is 0 Å². The molecule has 0 saturated carbocycles. The molecule has 0 aliphatic rings. The lowest BCUT2D eigenvalue weighted by atomic mass is 10.1. The first-order valence-corrected chi connectivity index (χ1v) is 9.14. The largest absolute Gasteiger partial charge is 0.457 e. The molecule has 0 atom stereocenters. The molecule has 0 saturated heterocycles. The third-order valence-electron chi connectivity index (χ3n) is 4.33. The summed E-state index contributed by atoms with van der Waals surface area (Å²) < 4.78 is 5.82. The van der Waals surface area contributed by atoms with Gasteiger partial charge < -0.3 is 20.4 Å². The van der Waals surface area contributed by atoms with Crippen molar-refractivity contribution < 1.29 is 4.74 Å². The maximum absolute atomic E-state index is 5.90.